The van der Waals surface area contributed by atoms with E-state index in [-0.39, 0.29) is 42.6 Å². The second-order valence-electron chi connectivity index (χ2n) is 8.16. The lowest BCUT2D eigenvalue weighted by molar-refractivity contribution is 0.168. The van der Waals surface area contributed by atoms with Crippen molar-refractivity contribution in [3.8, 4) is 0 Å². The van der Waals surface area contributed by atoms with Crippen LogP contribution in [-0.4, -0.2) is 57.8 Å². The summed E-state index contributed by atoms with van der Waals surface area (Å²) < 4.78 is 25.9. The molecule has 1 spiro atoms. The van der Waals surface area contributed by atoms with Crippen molar-refractivity contribution in [2.45, 2.75) is 24.7 Å². The highest BCUT2D eigenvalue weighted by molar-refractivity contribution is 7.92. The summed E-state index contributed by atoms with van der Waals surface area (Å²) in [6, 6.07) is 12.0. The van der Waals surface area contributed by atoms with Gasteiger partial charge in [-0.05, 0) is 61.8 Å². The van der Waals surface area contributed by atoms with Gasteiger partial charge in [-0.2, -0.15) is 0 Å². The van der Waals surface area contributed by atoms with E-state index in [9.17, 15) is 8.42 Å². The minimum absolute atomic E-state index is 0. The number of fused-ring (bicyclic) bond motifs is 2. The van der Waals surface area contributed by atoms with Crippen molar-refractivity contribution in [3.05, 3.63) is 53.9 Å². The van der Waals surface area contributed by atoms with Crippen molar-refractivity contribution >= 4 is 58.6 Å². The van der Waals surface area contributed by atoms with Crippen molar-refractivity contribution in [2.24, 2.45) is 0 Å². The molecule has 0 atom stereocenters. The summed E-state index contributed by atoms with van der Waals surface area (Å²) in [5.41, 5.74) is 4.42. The normalized spacial score (nSPS) is 17.2. The van der Waals surface area contributed by atoms with Crippen LogP contribution in [0.5, 0.6) is 0 Å². The number of piperidine rings is 1. The third kappa shape index (κ3) is 6.39. The van der Waals surface area contributed by atoms with E-state index in [4.69, 9.17) is 0 Å². The van der Waals surface area contributed by atoms with E-state index < -0.39 is 10.0 Å². The summed E-state index contributed by atoms with van der Waals surface area (Å²) >= 11 is 0. The minimum Gasteiger partial charge on any atom is -0.373 e. The molecule has 1 aromatic carbocycles. The predicted octanol–water partition coefficient (Wildman–Crippen LogP) is 3.74. The molecule has 0 radical (unpaired) electrons. The largest absolute Gasteiger partial charge is 0.373 e. The zero-order valence-corrected chi connectivity index (χ0v) is 21.0. The third-order valence-electron chi connectivity index (χ3n) is 6.05. The summed E-state index contributed by atoms with van der Waals surface area (Å²) in [5, 5.41) is 0. The summed E-state index contributed by atoms with van der Waals surface area (Å²) in [6.07, 6.45) is 6.21. The summed E-state index contributed by atoms with van der Waals surface area (Å²) in [4.78, 5) is 9.26. The highest BCUT2D eigenvalue weighted by Gasteiger charge is 2.43. The molecule has 1 saturated heterocycles. The van der Waals surface area contributed by atoms with E-state index in [0.717, 1.165) is 51.1 Å². The number of aromatic nitrogens is 1. The Kier molecular flexibility index (Phi) is 9.91. The Morgan fingerprint density at radius 3 is 2.42 bits per heavy atom. The van der Waals surface area contributed by atoms with Gasteiger partial charge in [-0.15, -0.1) is 37.2 Å². The Hall–Kier alpha value is -1.25. The first kappa shape index (κ1) is 27.8. The molecule has 2 aliphatic heterocycles. The summed E-state index contributed by atoms with van der Waals surface area (Å²) in [5.74, 6) is 0. The first-order chi connectivity index (χ1) is 13.3. The lowest BCUT2D eigenvalue weighted by atomic mass is 9.74. The number of hydrogen-bond donors (Lipinski definition) is 1. The van der Waals surface area contributed by atoms with Gasteiger partial charge in [-0.25, -0.2) is 8.42 Å². The predicted molar refractivity (Wildman–Crippen MR) is 135 cm³/mol. The van der Waals surface area contributed by atoms with Gasteiger partial charge in [0.2, 0.25) is 10.0 Å². The number of benzene rings is 1. The molecule has 2 aromatic rings. The molecule has 1 aromatic heterocycles. The number of sulfonamides is 1. The molecule has 0 bridgehead atoms. The molecule has 4 rings (SSSR count). The quantitative estimate of drug-likeness (QED) is 0.665. The Morgan fingerprint density at radius 1 is 1.10 bits per heavy atom. The Labute approximate surface area is 204 Å². The fraction of sp³-hybridized carbons (Fsp3) is 0.476. The monoisotopic (exact) mass is 508 g/mol. The first-order valence-electron chi connectivity index (χ1n) is 9.80. The number of likely N-dealkylation sites (tertiary alicyclic amines) is 1. The van der Waals surface area contributed by atoms with Crippen LogP contribution in [0.4, 0.5) is 11.4 Å². The standard InChI is InChI=1S/C21H28N4O2S.3ClH/c1-24-16-21(19-15-18(6-7-20(19)24)23-28(2,26)27)9-13-25(14-10-21)12-8-17-5-3-4-11-22-17;;;/h3-7,11,15,23H,8-10,12-14,16H2,1-2H3;3*1H. The average Bonchev–Trinajstić information content (AvgIpc) is 2.92. The maximum absolute atomic E-state index is 11.6. The van der Waals surface area contributed by atoms with E-state index >= 15 is 0 Å². The van der Waals surface area contributed by atoms with Gasteiger partial charge in [-0.1, -0.05) is 6.07 Å². The van der Waals surface area contributed by atoms with Crippen LogP contribution in [0, 0.1) is 0 Å². The van der Waals surface area contributed by atoms with Crippen molar-refractivity contribution in [3.63, 3.8) is 0 Å². The molecule has 1 fully saturated rings. The molecule has 0 unspecified atom stereocenters. The smallest absolute Gasteiger partial charge is 0.229 e. The molecule has 0 amide bonds. The van der Waals surface area contributed by atoms with Crippen molar-refractivity contribution in [2.75, 3.05) is 49.1 Å². The van der Waals surface area contributed by atoms with Crippen LogP contribution in [0.15, 0.2) is 42.6 Å². The van der Waals surface area contributed by atoms with E-state index in [0.29, 0.717) is 5.69 Å². The van der Waals surface area contributed by atoms with Crippen molar-refractivity contribution in [1.82, 2.24) is 9.88 Å². The first-order valence-corrected chi connectivity index (χ1v) is 11.7. The summed E-state index contributed by atoms with van der Waals surface area (Å²) in [6.45, 7) is 4.15. The topological polar surface area (TPSA) is 65.5 Å². The zero-order chi connectivity index (χ0) is 19.8. The van der Waals surface area contributed by atoms with Gasteiger partial charge in [0.15, 0.2) is 0 Å². The van der Waals surface area contributed by atoms with Crippen LogP contribution in [0.1, 0.15) is 24.1 Å². The molecular formula is C21H31Cl3N4O2S. The Bertz CT molecular complexity index is 952. The lowest BCUT2D eigenvalue weighted by Gasteiger charge is -2.40. The molecular weight excluding hydrogens is 479 g/mol. The second kappa shape index (κ2) is 11.1. The highest BCUT2D eigenvalue weighted by atomic mass is 35.5. The molecule has 31 heavy (non-hydrogen) atoms. The maximum Gasteiger partial charge on any atom is 0.229 e. The SMILES string of the molecule is CN1CC2(CCN(CCc3ccccn3)CC2)c2cc(NS(C)(=O)=O)ccc21.Cl.Cl.Cl. The van der Waals surface area contributed by atoms with Crippen molar-refractivity contribution in [1.29, 1.82) is 0 Å². The van der Waals surface area contributed by atoms with Crippen LogP contribution in [-0.2, 0) is 21.9 Å². The van der Waals surface area contributed by atoms with Gasteiger partial charge in [0.05, 0.1) is 6.26 Å². The van der Waals surface area contributed by atoms with Gasteiger partial charge < -0.3 is 9.80 Å². The molecule has 6 nitrogen and oxygen atoms in total. The van der Waals surface area contributed by atoms with E-state index in [2.05, 4.69) is 32.6 Å². The van der Waals surface area contributed by atoms with Crippen LogP contribution in [0.25, 0.3) is 0 Å². The number of anilines is 2. The Morgan fingerprint density at radius 2 is 1.81 bits per heavy atom. The third-order valence-corrected chi connectivity index (χ3v) is 6.65. The van der Waals surface area contributed by atoms with Gasteiger partial charge >= 0.3 is 0 Å². The van der Waals surface area contributed by atoms with Gasteiger partial charge in [0.1, 0.15) is 0 Å². The number of nitrogens with zero attached hydrogens (tertiary/aromatic N) is 3. The fourth-order valence-corrected chi connectivity index (χ4v) is 5.20. The maximum atomic E-state index is 11.6. The fourth-order valence-electron chi connectivity index (χ4n) is 4.65. The molecule has 3 heterocycles. The molecule has 10 heteroatoms. The average molecular weight is 510 g/mol. The molecule has 174 valence electrons. The van der Waals surface area contributed by atoms with Crippen LogP contribution < -0.4 is 9.62 Å². The molecule has 2 aliphatic rings. The van der Waals surface area contributed by atoms with Crippen LogP contribution in [0.2, 0.25) is 0 Å². The van der Waals surface area contributed by atoms with Crippen LogP contribution in [0.3, 0.4) is 0 Å². The second-order valence-corrected chi connectivity index (χ2v) is 9.90. The van der Waals surface area contributed by atoms with E-state index in [1.54, 1.807) is 0 Å². The van der Waals surface area contributed by atoms with Crippen LogP contribution >= 0.6 is 37.2 Å². The number of likely N-dealkylation sites (N-methyl/N-ethyl adjacent to an activating group) is 1. The number of rotatable bonds is 5. The van der Waals surface area contributed by atoms with E-state index in [1.165, 1.54) is 17.5 Å². The van der Waals surface area contributed by atoms with Crippen molar-refractivity contribution < 1.29 is 8.42 Å². The number of pyridine rings is 1. The number of nitrogens with one attached hydrogen (secondary N) is 1. The van der Waals surface area contributed by atoms with Gasteiger partial charge in [-0.3, -0.25) is 9.71 Å². The lowest BCUT2D eigenvalue weighted by Crippen LogP contribution is -2.45. The summed E-state index contributed by atoms with van der Waals surface area (Å²) in [7, 11) is -1.14. The van der Waals surface area contributed by atoms with Gasteiger partial charge in [0.25, 0.3) is 0 Å². The molecule has 0 aliphatic carbocycles. The van der Waals surface area contributed by atoms with E-state index in [1.807, 2.05) is 36.5 Å². The molecule has 1 N–H and O–H groups in total. The van der Waals surface area contributed by atoms with Gasteiger partial charge in [0, 0.05) is 55.2 Å². The molecule has 0 saturated carbocycles. The zero-order valence-electron chi connectivity index (χ0n) is 17.8. The highest BCUT2D eigenvalue weighted by Crippen LogP contribution is 2.47. The Balaban J connectivity index is 0.00000160. The minimum atomic E-state index is -3.27. The number of halogens is 3. The number of hydrogen-bond acceptors (Lipinski definition) is 5.